The van der Waals surface area contributed by atoms with E-state index in [1.54, 1.807) is 6.07 Å². The van der Waals surface area contributed by atoms with E-state index in [4.69, 9.17) is 5.73 Å². The summed E-state index contributed by atoms with van der Waals surface area (Å²) >= 11 is 0. The quantitative estimate of drug-likeness (QED) is 0.270. The van der Waals surface area contributed by atoms with Crippen LogP contribution in [0.25, 0.3) is 21.9 Å². The summed E-state index contributed by atoms with van der Waals surface area (Å²) < 4.78 is 15.2. The molecule has 4 aromatic rings. The Morgan fingerprint density at radius 1 is 0.781 bits per heavy atom. The second-order valence-electron chi connectivity index (χ2n) is 8.72. The monoisotopic (exact) mass is 425 g/mol. The maximum absolute atomic E-state index is 15.2. The van der Waals surface area contributed by atoms with Gasteiger partial charge in [0.15, 0.2) is 0 Å². The summed E-state index contributed by atoms with van der Waals surface area (Å²) in [5, 5.41) is 2.52. The number of hydrogen-bond acceptors (Lipinski definition) is 1. The highest BCUT2D eigenvalue weighted by Gasteiger charge is 2.16. The van der Waals surface area contributed by atoms with Gasteiger partial charge in [-0.05, 0) is 57.9 Å². The van der Waals surface area contributed by atoms with Gasteiger partial charge in [0.05, 0.1) is 0 Å². The van der Waals surface area contributed by atoms with Gasteiger partial charge in [-0.15, -0.1) is 0 Å². The van der Waals surface area contributed by atoms with Crippen LogP contribution in [0.3, 0.4) is 0 Å². The fourth-order valence-electron chi connectivity index (χ4n) is 4.52. The van der Waals surface area contributed by atoms with Gasteiger partial charge in [-0.3, -0.25) is 0 Å². The minimum absolute atomic E-state index is 0.151. The summed E-state index contributed by atoms with van der Waals surface area (Å²) in [4.78, 5) is 0. The number of halogens is 1. The van der Waals surface area contributed by atoms with Crippen molar-refractivity contribution >= 4 is 10.8 Å². The van der Waals surface area contributed by atoms with Crippen LogP contribution in [0.2, 0.25) is 0 Å². The van der Waals surface area contributed by atoms with E-state index in [9.17, 15) is 0 Å². The lowest BCUT2D eigenvalue weighted by Crippen LogP contribution is -2.05. The van der Waals surface area contributed by atoms with Crippen LogP contribution in [0.5, 0.6) is 0 Å². The van der Waals surface area contributed by atoms with Gasteiger partial charge in [-0.1, -0.05) is 105 Å². The Labute approximate surface area is 191 Å². The molecule has 4 rings (SSSR count). The highest BCUT2D eigenvalue weighted by Crippen LogP contribution is 2.32. The molecule has 0 aliphatic carbocycles. The lowest BCUT2D eigenvalue weighted by atomic mass is 9.86. The Morgan fingerprint density at radius 3 is 2.25 bits per heavy atom. The Bertz CT molecular complexity index is 1160. The smallest absolute Gasteiger partial charge is 0.131 e. The predicted molar refractivity (Wildman–Crippen MR) is 134 cm³/mol. The van der Waals surface area contributed by atoms with E-state index in [0.717, 1.165) is 29.5 Å². The number of hydrogen-bond donors (Lipinski definition) is 1. The molecule has 2 N–H and O–H groups in total. The SMILES string of the molecule is CCCCCC(Cc1ccc2ccccc2c1)c1ccc(-c2ccc(CN)cc2)c(F)c1. The summed E-state index contributed by atoms with van der Waals surface area (Å²) in [5.74, 6) is 0.160. The van der Waals surface area contributed by atoms with Crippen LogP contribution in [0, 0.1) is 5.82 Å². The van der Waals surface area contributed by atoms with E-state index in [0.29, 0.717) is 18.0 Å². The molecule has 0 heterocycles. The molecular formula is C30H32FN. The number of fused-ring (bicyclic) bond motifs is 1. The molecule has 0 bridgehead atoms. The fourth-order valence-corrected chi connectivity index (χ4v) is 4.52. The molecule has 0 aliphatic rings. The van der Waals surface area contributed by atoms with Gasteiger partial charge >= 0.3 is 0 Å². The van der Waals surface area contributed by atoms with Gasteiger partial charge in [-0.2, -0.15) is 0 Å². The van der Waals surface area contributed by atoms with E-state index >= 15 is 4.39 Å². The second-order valence-corrected chi connectivity index (χ2v) is 8.72. The number of unbranched alkanes of at least 4 members (excludes halogenated alkanes) is 2. The molecule has 32 heavy (non-hydrogen) atoms. The molecular weight excluding hydrogens is 393 g/mol. The van der Waals surface area contributed by atoms with Crippen molar-refractivity contribution in [2.24, 2.45) is 5.73 Å². The van der Waals surface area contributed by atoms with Gasteiger partial charge in [0.25, 0.3) is 0 Å². The molecule has 0 saturated heterocycles. The van der Waals surface area contributed by atoms with Crippen LogP contribution in [0.15, 0.2) is 84.9 Å². The van der Waals surface area contributed by atoms with Crippen LogP contribution in [0.1, 0.15) is 55.2 Å². The average Bonchev–Trinajstić information content (AvgIpc) is 2.83. The second kappa shape index (κ2) is 10.6. The van der Waals surface area contributed by atoms with Crippen molar-refractivity contribution in [1.29, 1.82) is 0 Å². The first-order valence-electron chi connectivity index (χ1n) is 11.7. The van der Waals surface area contributed by atoms with E-state index in [2.05, 4.69) is 55.5 Å². The standard InChI is InChI=1S/C30H32FN/c1-2-3-4-8-27(19-23-12-13-24-7-5-6-9-26(24)18-23)28-16-17-29(30(31)20-28)25-14-10-22(21-32)11-15-25/h5-7,9-18,20,27H,2-4,8,19,21,32H2,1H3. The maximum atomic E-state index is 15.2. The Balaban J connectivity index is 1.60. The highest BCUT2D eigenvalue weighted by molar-refractivity contribution is 5.83. The molecule has 0 radical (unpaired) electrons. The molecule has 4 aromatic carbocycles. The Kier molecular flexibility index (Phi) is 7.34. The summed E-state index contributed by atoms with van der Waals surface area (Å²) in [6, 6.07) is 28.8. The van der Waals surface area contributed by atoms with Crippen LogP contribution in [-0.4, -0.2) is 0 Å². The zero-order valence-corrected chi connectivity index (χ0v) is 18.9. The molecule has 1 unspecified atom stereocenters. The zero-order chi connectivity index (χ0) is 22.3. The van der Waals surface area contributed by atoms with E-state index in [-0.39, 0.29) is 5.82 Å². The normalized spacial score (nSPS) is 12.2. The number of rotatable bonds is 9. The third-order valence-corrected chi connectivity index (χ3v) is 6.42. The van der Waals surface area contributed by atoms with E-state index in [1.165, 1.54) is 35.6 Å². The van der Waals surface area contributed by atoms with Crippen molar-refractivity contribution in [2.75, 3.05) is 0 Å². The van der Waals surface area contributed by atoms with Gasteiger partial charge < -0.3 is 5.73 Å². The van der Waals surface area contributed by atoms with Crippen LogP contribution < -0.4 is 5.73 Å². The molecule has 0 aromatic heterocycles. The molecule has 0 amide bonds. The Morgan fingerprint density at radius 2 is 1.53 bits per heavy atom. The van der Waals surface area contributed by atoms with E-state index < -0.39 is 0 Å². The lowest BCUT2D eigenvalue weighted by molar-refractivity contribution is 0.557. The number of nitrogens with two attached hydrogens (primary N) is 1. The van der Waals surface area contributed by atoms with Crippen molar-refractivity contribution in [1.82, 2.24) is 0 Å². The molecule has 2 heteroatoms. The third-order valence-electron chi connectivity index (χ3n) is 6.42. The van der Waals surface area contributed by atoms with Gasteiger partial charge in [0, 0.05) is 12.1 Å². The van der Waals surface area contributed by atoms with Crippen LogP contribution in [0.4, 0.5) is 4.39 Å². The average molecular weight is 426 g/mol. The fraction of sp³-hybridized carbons (Fsp3) is 0.267. The zero-order valence-electron chi connectivity index (χ0n) is 18.9. The van der Waals surface area contributed by atoms with Crippen LogP contribution in [-0.2, 0) is 13.0 Å². The minimum Gasteiger partial charge on any atom is -0.326 e. The van der Waals surface area contributed by atoms with Gasteiger partial charge in [0.2, 0.25) is 0 Å². The topological polar surface area (TPSA) is 26.0 Å². The van der Waals surface area contributed by atoms with Gasteiger partial charge in [0.1, 0.15) is 5.82 Å². The first kappa shape index (κ1) is 22.2. The summed E-state index contributed by atoms with van der Waals surface area (Å²) in [5.41, 5.74) is 10.7. The first-order valence-corrected chi connectivity index (χ1v) is 11.7. The first-order chi connectivity index (χ1) is 15.7. The predicted octanol–water partition coefficient (Wildman–Crippen LogP) is 8.01. The maximum Gasteiger partial charge on any atom is 0.131 e. The molecule has 1 atom stereocenters. The van der Waals surface area contributed by atoms with Crippen molar-refractivity contribution in [3.05, 3.63) is 107 Å². The summed E-state index contributed by atoms with van der Waals surface area (Å²) in [7, 11) is 0. The molecule has 164 valence electrons. The van der Waals surface area contributed by atoms with Crippen molar-refractivity contribution < 1.29 is 4.39 Å². The van der Waals surface area contributed by atoms with Crippen molar-refractivity contribution in [2.45, 2.75) is 51.5 Å². The molecule has 0 saturated carbocycles. The molecule has 1 nitrogen and oxygen atoms in total. The van der Waals surface area contributed by atoms with Crippen molar-refractivity contribution in [3.63, 3.8) is 0 Å². The molecule has 0 fully saturated rings. The van der Waals surface area contributed by atoms with Crippen LogP contribution >= 0.6 is 0 Å². The summed E-state index contributed by atoms with van der Waals surface area (Å²) in [6.07, 6.45) is 5.57. The largest absolute Gasteiger partial charge is 0.326 e. The van der Waals surface area contributed by atoms with E-state index in [1.807, 2.05) is 30.3 Å². The Hall–Kier alpha value is -2.97. The lowest BCUT2D eigenvalue weighted by Gasteiger charge is -2.19. The highest BCUT2D eigenvalue weighted by atomic mass is 19.1. The number of benzene rings is 4. The molecule has 0 spiro atoms. The summed E-state index contributed by atoms with van der Waals surface area (Å²) in [6.45, 7) is 2.72. The van der Waals surface area contributed by atoms with Crippen molar-refractivity contribution in [3.8, 4) is 11.1 Å². The minimum atomic E-state index is -0.151. The molecule has 0 aliphatic heterocycles. The third kappa shape index (κ3) is 5.26. The van der Waals surface area contributed by atoms with Gasteiger partial charge in [-0.25, -0.2) is 4.39 Å².